The lowest BCUT2D eigenvalue weighted by molar-refractivity contribution is 0.385. The molecule has 4 rings (SSSR count). The fourth-order valence-corrected chi connectivity index (χ4v) is 5.61. The smallest absolute Gasteiger partial charge is 0.328 e. The highest BCUT2D eigenvalue weighted by atomic mass is 35.5. The van der Waals surface area contributed by atoms with Crippen molar-refractivity contribution in [3.8, 4) is 0 Å². The van der Waals surface area contributed by atoms with Crippen molar-refractivity contribution >= 4 is 38.3 Å². The van der Waals surface area contributed by atoms with Crippen LogP contribution in [0, 0.1) is 5.82 Å². The second-order valence-electron chi connectivity index (χ2n) is 7.04. The van der Waals surface area contributed by atoms with Crippen LogP contribution in [0.3, 0.4) is 0 Å². The maximum absolute atomic E-state index is 13.2. The number of aromatic nitrogens is 2. The van der Waals surface area contributed by atoms with Crippen LogP contribution in [0.2, 0.25) is 5.02 Å². The second-order valence-corrected chi connectivity index (χ2v) is 9.35. The summed E-state index contributed by atoms with van der Waals surface area (Å²) in [6, 6.07) is 9.11. The van der Waals surface area contributed by atoms with Crippen LogP contribution in [0.4, 0.5) is 10.1 Å². The number of hydrogen-bond acceptors (Lipinski definition) is 4. The fourth-order valence-electron chi connectivity index (χ4n) is 3.68. The number of piperazine rings is 1. The molecule has 1 fully saturated rings. The van der Waals surface area contributed by atoms with E-state index in [-0.39, 0.29) is 34.5 Å². The lowest BCUT2D eigenvalue weighted by Gasteiger charge is -2.35. The summed E-state index contributed by atoms with van der Waals surface area (Å²) in [4.78, 5) is 14.1. The van der Waals surface area contributed by atoms with Gasteiger partial charge in [0.2, 0.25) is 10.0 Å². The Kier molecular flexibility index (Phi) is 4.92. The minimum absolute atomic E-state index is 0.0110. The first-order valence-electron chi connectivity index (χ1n) is 9.06. The number of imidazole rings is 1. The summed E-state index contributed by atoms with van der Waals surface area (Å²) in [7, 11) is -0.618. The summed E-state index contributed by atoms with van der Waals surface area (Å²) in [5, 5.41) is 0.0830. The largest absolute Gasteiger partial charge is 0.369 e. The molecule has 1 aliphatic heterocycles. The zero-order valence-corrected chi connectivity index (χ0v) is 17.5. The number of fused-ring (bicyclic) bond motifs is 1. The van der Waals surface area contributed by atoms with E-state index in [1.807, 2.05) is 4.90 Å². The van der Waals surface area contributed by atoms with E-state index in [1.54, 1.807) is 26.2 Å². The van der Waals surface area contributed by atoms with E-state index < -0.39 is 10.0 Å². The number of sulfonamides is 1. The van der Waals surface area contributed by atoms with E-state index in [0.29, 0.717) is 24.1 Å². The first kappa shape index (κ1) is 19.9. The molecule has 0 radical (unpaired) electrons. The quantitative estimate of drug-likeness (QED) is 0.628. The predicted molar refractivity (Wildman–Crippen MR) is 111 cm³/mol. The average molecular weight is 439 g/mol. The molecule has 0 aliphatic carbocycles. The van der Waals surface area contributed by atoms with Gasteiger partial charge in [-0.2, -0.15) is 4.31 Å². The topological polar surface area (TPSA) is 67.5 Å². The van der Waals surface area contributed by atoms with Crippen LogP contribution in [-0.4, -0.2) is 48.0 Å². The molecule has 10 heteroatoms. The molecule has 1 saturated heterocycles. The molecule has 0 bridgehead atoms. The van der Waals surface area contributed by atoms with Gasteiger partial charge < -0.3 is 4.90 Å². The van der Waals surface area contributed by atoms with Crippen LogP contribution in [0.15, 0.2) is 46.1 Å². The molecule has 0 N–H and O–H groups in total. The van der Waals surface area contributed by atoms with Gasteiger partial charge in [-0.05, 0) is 36.4 Å². The maximum Gasteiger partial charge on any atom is 0.328 e. The number of nitrogens with zero attached hydrogens (tertiary/aromatic N) is 4. The van der Waals surface area contributed by atoms with Gasteiger partial charge in [0.15, 0.2) is 0 Å². The number of anilines is 1. The van der Waals surface area contributed by atoms with Gasteiger partial charge in [-0.3, -0.25) is 9.13 Å². The summed E-state index contributed by atoms with van der Waals surface area (Å²) in [5.41, 5.74) is 1.67. The summed E-state index contributed by atoms with van der Waals surface area (Å²) in [6.07, 6.45) is 0. The Labute approximate surface area is 172 Å². The summed E-state index contributed by atoms with van der Waals surface area (Å²) < 4.78 is 43.8. The molecule has 1 aliphatic rings. The molecule has 0 atom stereocenters. The molecular formula is C19H20ClFN4O3S. The van der Waals surface area contributed by atoms with Gasteiger partial charge in [0.25, 0.3) is 0 Å². The number of rotatable bonds is 3. The van der Waals surface area contributed by atoms with Gasteiger partial charge in [-0.1, -0.05) is 11.6 Å². The van der Waals surface area contributed by atoms with Crippen LogP contribution in [0.25, 0.3) is 11.0 Å². The Morgan fingerprint density at radius 3 is 2.07 bits per heavy atom. The molecular weight excluding hydrogens is 419 g/mol. The first-order valence-corrected chi connectivity index (χ1v) is 10.9. The predicted octanol–water partition coefficient (Wildman–Crippen LogP) is 2.18. The third kappa shape index (κ3) is 3.33. The van der Waals surface area contributed by atoms with Crippen molar-refractivity contribution in [2.24, 2.45) is 14.1 Å². The highest BCUT2D eigenvalue weighted by molar-refractivity contribution is 7.89. The molecule has 154 valence electrons. The number of hydrogen-bond donors (Lipinski definition) is 0. The van der Waals surface area contributed by atoms with Crippen LogP contribution < -0.4 is 10.6 Å². The Morgan fingerprint density at radius 2 is 1.48 bits per heavy atom. The van der Waals surface area contributed by atoms with Gasteiger partial charge in [-0.25, -0.2) is 17.6 Å². The molecule has 3 aromatic rings. The minimum Gasteiger partial charge on any atom is -0.369 e. The Bertz CT molecular complexity index is 1240. The van der Waals surface area contributed by atoms with Crippen LogP contribution in [0.1, 0.15) is 0 Å². The number of benzene rings is 2. The third-order valence-electron chi connectivity index (χ3n) is 5.37. The van der Waals surface area contributed by atoms with Gasteiger partial charge >= 0.3 is 5.69 Å². The lowest BCUT2D eigenvalue weighted by Crippen LogP contribution is -2.48. The van der Waals surface area contributed by atoms with Gasteiger partial charge in [-0.15, -0.1) is 0 Å². The zero-order valence-electron chi connectivity index (χ0n) is 16.0. The Balaban J connectivity index is 1.62. The van der Waals surface area contributed by atoms with Crippen LogP contribution in [-0.2, 0) is 24.1 Å². The molecule has 0 saturated carbocycles. The van der Waals surface area contributed by atoms with Crippen LogP contribution in [0.5, 0.6) is 0 Å². The summed E-state index contributed by atoms with van der Waals surface area (Å²) in [5.74, 6) is -0.310. The molecule has 29 heavy (non-hydrogen) atoms. The van der Waals surface area contributed by atoms with E-state index >= 15 is 0 Å². The standard InChI is InChI=1S/C19H20ClFN4O3S/c1-22-16-11-15(20)18(12-17(16)23(2)19(22)26)29(27,28)25-9-7-24(8-10-25)14-5-3-13(21)4-6-14/h3-6,11-12H,7-10H2,1-2H3. The lowest BCUT2D eigenvalue weighted by atomic mass is 10.2. The van der Waals surface area contributed by atoms with Crippen LogP contribution >= 0.6 is 11.6 Å². The zero-order chi connectivity index (χ0) is 20.9. The van der Waals surface area contributed by atoms with E-state index in [9.17, 15) is 17.6 Å². The van der Waals surface area contributed by atoms with E-state index in [1.165, 1.54) is 37.7 Å². The normalized spacial score (nSPS) is 15.9. The summed E-state index contributed by atoms with van der Waals surface area (Å²) in [6.45, 7) is 1.52. The van der Waals surface area contributed by atoms with E-state index in [4.69, 9.17) is 11.6 Å². The highest BCUT2D eigenvalue weighted by Crippen LogP contribution is 2.30. The van der Waals surface area contributed by atoms with Crippen molar-refractivity contribution in [3.63, 3.8) is 0 Å². The maximum atomic E-state index is 13.2. The Hall–Kier alpha value is -2.36. The van der Waals surface area contributed by atoms with Gasteiger partial charge in [0, 0.05) is 46.0 Å². The third-order valence-corrected chi connectivity index (χ3v) is 7.74. The average Bonchev–Trinajstić information content (AvgIpc) is 2.91. The van der Waals surface area contributed by atoms with Crippen molar-refractivity contribution in [3.05, 3.63) is 57.7 Å². The number of halogens is 2. The molecule has 1 aromatic heterocycles. The highest BCUT2D eigenvalue weighted by Gasteiger charge is 2.31. The molecule has 7 nitrogen and oxygen atoms in total. The van der Waals surface area contributed by atoms with Crippen molar-refractivity contribution < 1.29 is 12.8 Å². The fraction of sp³-hybridized carbons (Fsp3) is 0.316. The minimum atomic E-state index is -3.83. The van der Waals surface area contributed by atoms with Crippen molar-refractivity contribution in [2.75, 3.05) is 31.1 Å². The second kappa shape index (κ2) is 7.16. The molecule has 2 heterocycles. The van der Waals surface area contributed by atoms with Gasteiger partial charge in [0.1, 0.15) is 10.7 Å². The van der Waals surface area contributed by atoms with Gasteiger partial charge in [0.05, 0.1) is 16.1 Å². The summed E-state index contributed by atoms with van der Waals surface area (Å²) >= 11 is 6.30. The SMILES string of the molecule is Cn1c(=O)n(C)c2cc(S(=O)(=O)N3CCN(c4ccc(F)cc4)CC3)c(Cl)cc21. The molecule has 0 amide bonds. The first-order chi connectivity index (χ1) is 13.7. The molecule has 0 spiro atoms. The van der Waals surface area contributed by atoms with Crippen molar-refractivity contribution in [2.45, 2.75) is 4.90 Å². The molecule has 0 unspecified atom stereocenters. The van der Waals surface area contributed by atoms with E-state index in [0.717, 1.165) is 5.69 Å². The van der Waals surface area contributed by atoms with Crippen molar-refractivity contribution in [1.29, 1.82) is 0 Å². The number of aryl methyl sites for hydroxylation is 2. The van der Waals surface area contributed by atoms with Crippen molar-refractivity contribution in [1.82, 2.24) is 13.4 Å². The Morgan fingerprint density at radius 1 is 0.931 bits per heavy atom. The van der Waals surface area contributed by atoms with E-state index in [2.05, 4.69) is 0 Å². The monoisotopic (exact) mass is 438 g/mol. The molecule has 2 aromatic carbocycles.